The quantitative estimate of drug-likeness (QED) is 0.599. The van der Waals surface area contributed by atoms with Crippen molar-refractivity contribution in [2.24, 2.45) is 5.92 Å². The summed E-state index contributed by atoms with van der Waals surface area (Å²) in [5, 5.41) is 6.56. The van der Waals surface area contributed by atoms with Gasteiger partial charge >= 0.3 is 6.09 Å². The number of carbonyl (C=O) groups is 2. The third kappa shape index (κ3) is 5.10. The Hall–Kier alpha value is -3.28. The summed E-state index contributed by atoms with van der Waals surface area (Å²) in [5.41, 5.74) is 3.12. The van der Waals surface area contributed by atoms with Crippen molar-refractivity contribution in [1.29, 1.82) is 0 Å². The van der Waals surface area contributed by atoms with E-state index in [1.807, 2.05) is 44.3 Å². The number of H-pyrrole nitrogens is 1. The molecule has 0 saturated heterocycles. The van der Waals surface area contributed by atoms with Crippen molar-refractivity contribution in [2.45, 2.75) is 20.3 Å². The van der Waals surface area contributed by atoms with Crippen molar-refractivity contribution in [1.82, 2.24) is 4.98 Å². The summed E-state index contributed by atoms with van der Waals surface area (Å²) >= 11 is 0. The number of hydrogen-bond acceptors (Lipinski definition) is 3. The summed E-state index contributed by atoms with van der Waals surface area (Å²) in [6, 6.07) is 14.8. The van der Waals surface area contributed by atoms with E-state index in [0.717, 1.165) is 16.5 Å². The highest BCUT2D eigenvalue weighted by molar-refractivity contribution is 5.96. The number of ether oxygens (including phenoxy) is 1. The Balaban J connectivity index is 1.60. The van der Waals surface area contributed by atoms with Crippen LogP contribution in [-0.2, 0) is 16.0 Å². The molecule has 0 atom stereocenters. The first-order valence-corrected chi connectivity index (χ1v) is 8.90. The fourth-order valence-corrected chi connectivity index (χ4v) is 2.73. The van der Waals surface area contributed by atoms with E-state index in [4.69, 9.17) is 4.74 Å². The van der Waals surface area contributed by atoms with E-state index < -0.39 is 6.09 Å². The number of aromatic amines is 1. The SMILES string of the molecule is CC(C)COC(=O)Nc1cccc(NC(=O)Cc2c[nH]c3ccccc23)c1. The van der Waals surface area contributed by atoms with Crippen molar-refractivity contribution in [3.8, 4) is 0 Å². The highest BCUT2D eigenvalue weighted by Gasteiger charge is 2.10. The number of aromatic nitrogens is 1. The summed E-state index contributed by atoms with van der Waals surface area (Å²) in [6.45, 7) is 4.29. The predicted octanol–water partition coefficient (Wildman–Crippen LogP) is 4.55. The van der Waals surface area contributed by atoms with Gasteiger partial charge in [-0.3, -0.25) is 10.1 Å². The number of nitrogens with one attached hydrogen (secondary N) is 3. The molecule has 140 valence electrons. The zero-order valence-corrected chi connectivity index (χ0v) is 15.4. The maximum absolute atomic E-state index is 12.4. The molecular formula is C21H23N3O3. The maximum atomic E-state index is 12.4. The number of carbonyl (C=O) groups excluding carboxylic acids is 2. The van der Waals surface area contributed by atoms with Crippen LogP contribution in [0.1, 0.15) is 19.4 Å². The van der Waals surface area contributed by atoms with E-state index in [0.29, 0.717) is 18.0 Å². The second-order valence-electron chi connectivity index (χ2n) is 6.78. The van der Waals surface area contributed by atoms with Gasteiger partial charge < -0.3 is 15.0 Å². The van der Waals surface area contributed by atoms with Gasteiger partial charge in [0.15, 0.2) is 0 Å². The number of amides is 2. The molecule has 27 heavy (non-hydrogen) atoms. The molecule has 3 aromatic rings. The molecule has 3 rings (SSSR count). The van der Waals surface area contributed by atoms with Crippen LogP contribution in [-0.4, -0.2) is 23.6 Å². The van der Waals surface area contributed by atoms with Gasteiger partial charge in [0.05, 0.1) is 13.0 Å². The lowest BCUT2D eigenvalue weighted by Crippen LogP contribution is -2.17. The summed E-state index contributed by atoms with van der Waals surface area (Å²) in [7, 11) is 0. The molecule has 0 bridgehead atoms. The number of para-hydroxylation sites is 1. The number of benzene rings is 2. The van der Waals surface area contributed by atoms with Gasteiger partial charge in [0.1, 0.15) is 0 Å². The largest absolute Gasteiger partial charge is 0.449 e. The third-order valence-corrected chi connectivity index (χ3v) is 3.97. The van der Waals surface area contributed by atoms with Crippen LogP contribution in [0.4, 0.5) is 16.2 Å². The van der Waals surface area contributed by atoms with Crippen molar-refractivity contribution >= 4 is 34.3 Å². The van der Waals surface area contributed by atoms with Gasteiger partial charge in [-0.05, 0) is 35.7 Å². The van der Waals surface area contributed by atoms with Crippen LogP contribution >= 0.6 is 0 Å². The molecule has 6 nitrogen and oxygen atoms in total. The lowest BCUT2D eigenvalue weighted by molar-refractivity contribution is -0.115. The molecule has 2 aromatic carbocycles. The van der Waals surface area contributed by atoms with Crippen molar-refractivity contribution in [3.05, 3.63) is 60.3 Å². The number of hydrogen-bond donors (Lipinski definition) is 3. The number of fused-ring (bicyclic) bond motifs is 1. The monoisotopic (exact) mass is 365 g/mol. The lowest BCUT2D eigenvalue weighted by Gasteiger charge is -2.10. The Morgan fingerprint density at radius 3 is 2.56 bits per heavy atom. The molecule has 0 unspecified atom stereocenters. The first-order valence-electron chi connectivity index (χ1n) is 8.90. The molecule has 6 heteroatoms. The van der Waals surface area contributed by atoms with E-state index in [9.17, 15) is 9.59 Å². The number of anilines is 2. The fraction of sp³-hybridized carbons (Fsp3) is 0.238. The first kappa shape index (κ1) is 18.5. The van der Waals surface area contributed by atoms with Gasteiger partial charge in [0.2, 0.25) is 5.91 Å². The minimum atomic E-state index is -0.508. The van der Waals surface area contributed by atoms with Crippen LogP contribution in [0.25, 0.3) is 10.9 Å². The maximum Gasteiger partial charge on any atom is 0.411 e. The van der Waals surface area contributed by atoms with Gasteiger partial charge in [-0.15, -0.1) is 0 Å². The van der Waals surface area contributed by atoms with Crippen molar-refractivity contribution in [2.75, 3.05) is 17.2 Å². The van der Waals surface area contributed by atoms with E-state index in [2.05, 4.69) is 15.6 Å². The zero-order valence-electron chi connectivity index (χ0n) is 15.4. The molecule has 0 aliphatic carbocycles. The molecule has 0 aliphatic heterocycles. The highest BCUT2D eigenvalue weighted by Crippen LogP contribution is 2.20. The topological polar surface area (TPSA) is 83.2 Å². The molecule has 0 saturated carbocycles. The highest BCUT2D eigenvalue weighted by atomic mass is 16.5. The second-order valence-corrected chi connectivity index (χ2v) is 6.78. The second kappa shape index (κ2) is 8.40. The Morgan fingerprint density at radius 2 is 1.78 bits per heavy atom. The predicted molar refractivity (Wildman–Crippen MR) is 107 cm³/mol. The molecule has 0 radical (unpaired) electrons. The fourth-order valence-electron chi connectivity index (χ4n) is 2.73. The molecule has 0 aliphatic rings. The van der Waals surface area contributed by atoms with E-state index in [1.165, 1.54) is 0 Å². The van der Waals surface area contributed by atoms with Gasteiger partial charge in [-0.1, -0.05) is 38.1 Å². The summed E-state index contributed by atoms with van der Waals surface area (Å²) < 4.78 is 5.10. The van der Waals surface area contributed by atoms with Gasteiger partial charge in [0.25, 0.3) is 0 Å². The summed E-state index contributed by atoms with van der Waals surface area (Å²) in [6.07, 6.45) is 1.61. The number of rotatable bonds is 6. The molecule has 1 heterocycles. The average molecular weight is 365 g/mol. The van der Waals surface area contributed by atoms with Crippen LogP contribution in [0, 0.1) is 5.92 Å². The molecule has 0 fully saturated rings. The average Bonchev–Trinajstić information content (AvgIpc) is 3.03. The molecular weight excluding hydrogens is 342 g/mol. The Labute approximate surface area is 157 Å². The van der Waals surface area contributed by atoms with Crippen LogP contribution in [0.2, 0.25) is 0 Å². The van der Waals surface area contributed by atoms with Crippen LogP contribution in [0.5, 0.6) is 0 Å². The van der Waals surface area contributed by atoms with Gasteiger partial charge in [0, 0.05) is 28.5 Å². The van der Waals surface area contributed by atoms with Crippen molar-refractivity contribution in [3.63, 3.8) is 0 Å². The first-order chi connectivity index (χ1) is 13.0. The van der Waals surface area contributed by atoms with Crippen LogP contribution < -0.4 is 10.6 Å². The standard InChI is InChI=1S/C21H23N3O3/c1-14(2)13-27-21(26)24-17-7-5-6-16(11-17)23-20(25)10-15-12-22-19-9-4-3-8-18(15)19/h3-9,11-12,14,22H,10,13H2,1-2H3,(H,23,25)(H,24,26). The van der Waals surface area contributed by atoms with Crippen LogP contribution in [0.3, 0.4) is 0 Å². The summed E-state index contributed by atoms with van der Waals surface area (Å²) in [4.78, 5) is 27.3. The Kier molecular flexibility index (Phi) is 5.76. The van der Waals surface area contributed by atoms with Gasteiger partial charge in [-0.25, -0.2) is 4.79 Å². The van der Waals surface area contributed by atoms with E-state index >= 15 is 0 Å². The van der Waals surface area contributed by atoms with E-state index in [-0.39, 0.29) is 18.2 Å². The minimum absolute atomic E-state index is 0.126. The lowest BCUT2D eigenvalue weighted by atomic mass is 10.1. The Morgan fingerprint density at radius 1 is 1.04 bits per heavy atom. The summed E-state index contributed by atoms with van der Waals surface area (Å²) in [5.74, 6) is 0.144. The minimum Gasteiger partial charge on any atom is -0.449 e. The van der Waals surface area contributed by atoms with Crippen molar-refractivity contribution < 1.29 is 14.3 Å². The van der Waals surface area contributed by atoms with Gasteiger partial charge in [-0.2, -0.15) is 0 Å². The third-order valence-electron chi connectivity index (χ3n) is 3.97. The van der Waals surface area contributed by atoms with E-state index in [1.54, 1.807) is 24.3 Å². The van der Waals surface area contributed by atoms with Crippen LogP contribution in [0.15, 0.2) is 54.7 Å². The normalized spacial score (nSPS) is 10.8. The Bertz CT molecular complexity index is 947. The molecule has 1 aromatic heterocycles. The smallest absolute Gasteiger partial charge is 0.411 e. The zero-order chi connectivity index (χ0) is 19.2. The molecule has 3 N–H and O–H groups in total. The molecule has 0 spiro atoms. The molecule has 2 amide bonds.